The molecule has 0 aliphatic heterocycles. The van der Waals surface area contributed by atoms with Gasteiger partial charge < -0.3 is 5.73 Å². The zero-order valence-corrected chi connectivity index (χ0v) is 9.21. The summed E-state index contributed by atoms with van der Waals surface area (Å²) < 4.78 is 0. The van der Waals surface area contributed by atoms with E-state index in [2.05, 4.69) is 26.8 Å². The van der Waals surface area contributed by atoms with Crippen molar-refractivity contribution in [1.29, 1.82) is 0 Å². The molecule has 1 amide bonds. The Hall–Kier alpha value is -1.05. The number of nitrogens with two attached hydrogens (primary N) is 1. The van der Waals surface area contributed by atoms with Gasteiger partial charge in [0, 0.05) is 5.57 Å². The molecule has 0 saturated carbocycles. The Morgan fingerprint density at radius 2 is 2.14 bits per heavy atom. The summed E-state index contributed by atoms with van der Waals surface area (Å²) in [5.74, 6) is 0.0798. The van der Waals surface area contributed by atoms with Crippen LogP contribution in [0.5, 0.6) is 0 Å². The maximum absolute atomic E-state index is 10.9. The lowest BCUT2D eigenvalue weighted by Gasteiger charge is -2.19. The first-order valence-corrected chi connectivity index (χ1v) is 5.08. The van der Waals surface area contributed by atoms with E-state index in [-0.39, 0.29) is 5.91 Å². The maximum Gasteiger partial charge on any atom is 0.248 e. The first-order valence-electron chi connectivity index (χ1n) is 5.08. The van der Waals surface area contributed by atoms with Gasteiger partial charge in [0.2, 0.25) is 5.91 Å². The minimum absolute atomic E-state index is 0.320. The largest absolute Gasteiger partial charge is 0.366 e. The topological polar surface area (TPSA) is 43.1 Å². The van der Waals surface area contributed by atoms with Crippen molar-refractivity contribution < 1.29 is 4.79 Å². The van der Waals surface area contributed by atoms with E-state index in [9.17, 15) is 4.79 Å². The van der Waals surface area contributed by atoms with Crippen LogP contribution in [-0.2, 0) is 4.79 Å². The Kier molecular flexibility index (Phi) is 3.14. The molecule has 1 unspecified atom stereocenters. The second-order valence-electron chi connectivity index (χ2n) is 5.11. The van der Waals surface area contributed by atoms with E-state index in [4.69, 9.17) is 5.73 Å². The van der Waals surface area contributed by atoms with Gasteiger partial charge in [-0.25, -0.2) is 0 Å². The van der Waals surface area contributed by atoms with E-state index in [0.29, 0.717) is 16.9 Å². The molecular weight excluding hydrogens is 174 g/mol. The highest BCUT2D eigenvalue weighted by molar-refractivity contribution is 5.95. The lowest BCUT2D eigenvalue weighted by Crippen LogP contribution is -2.11. The molecule has 0 saturated heterocycles. The van der Waals surface area contributed by atoms with Gasteiger partial charge in [-0.05, 0) is 24.2 Å². The van der Waals surface area contributed by atoms with Crippen molar-refractivity contribution in [2.45, 2.75) is 33.6 Å². The quantitative estimate of drug-likeness (QED) is 0.735. The van der Waals surface area contributed by atoms with Crippen LogP contribution < -0.4 is 5.73 Å². The van der Waals surface area contributed by atoms with E-state index in [1.165, 1.54) is 0 Å². The fourth-order valence-corrected chi connectivity index (χ4v) is 1.51. The normalized spacial score (nSPS) is 21.1. The van der Waals surface area contributed by atoms with Crippen LogP contribution in [0, 0.1) is 11.3 Å². The van der Waals surface area contributed by atoms with Crippen LogP contribution in [0.25, 0.3) is 0 Å². The molecule has 1 atom stereocenters. The molecule has 0 aromatic rings. The second kappa shape index (κ2) is 3.99. The molecule has 0 aromatic heterocycles. The van der Waals surface area contributed by atoms with Crippen LogP contribution >= 0.6 is 0 Å². The Balaban J connectivity index is 2.44. The Bertz CT molecular complexity index is 281. The summed E-state index contributed by atoms with van der Waals surface area (Å²) in [5, 5.41) is 0. The van der Waals surface area contributed by atoms with E-state index < -0.39 is 0 Å². The molecule has 1 aliphatic rings. The highest BCUT2D eigenvalue weighted by Gasteiger charge is 2.16. The van der Waals surface area contributed by atoms with Gasteiger partial charge in [0.05, 0.1) is 0 Å². The molecule has 0 aromatic carbocycles. The fourth-order valence-electron chi connectivity index (χ4n) is 1.51. The smallest absolute Gasteiger partial charge is 0.248 e. The fraction of sp³-hybridized carbons (Fsp3) is 0.583. The highest BCUT2D eigenvalue weighted by atomic mass is 16.1. The standard InChI is InChI=1S/C12H19NO/c1-12(2,3)7-6-9-4-5-10(8-9)11(13)14/h4-5,8-9H,6-7H2,1-3H3,(H2,13,14). The van der Waals surface area contributed by atoms with Gasteiger partial charge in [-0.1, -0.05) is 39.0 Å². The zero-order chi connectivity index (χ0) is 10.8. The highest BCUT2D eigenvalue weighted by Crippen LogP contribution is 2.27. The third kappa shape index (κ3) is 3.36. The monoisotopic (exact) mass is 193 g/mol. The molecule has 14 heavy (non-hydrogen) atoms. The summed E-state index contributed by atoms with van der Waals surface area (Å²) in [7, 11) is 0. The molecule has 2 heteroatoms. The van der Waals surface area contributed by atoms with Crippen molar-refractivity contribution in [3.8, 4) is 0 Å². The lowest BCUT2D eigenvalue weighted by atomic mass is 9.87. The third-order valence-corrected chi connectivity index (χ3v) is 2.43. The molecule has 0 bridgehead atoms. The molecule has 1 aliphatic carbocycles. The van der Waals surface area contributed by atoms with E-state index in [1.54, 1.807) is 0 Å². The number of amides is 1. The van der Waals surface area contributed by atoms with Crippen LogP contribution in [-0.4, -0.2) is 5.91 Å². The van der Waals surface area contributed by atoms with Crippen molar-refractivity contribution in [3.63, 3.8) is 0 Å². The van der Waals surface area contributed by atoms with Gasteiger partial charge in [-0.3, -0.25) is 4.79 Å². The predicted molar refractivity (Wildman–Crippen MR) is 58.6 cm³/mol. The van der Waals surface area contributed by atoms with Crippen molar-refractivity contribution in [1.82, 2.24) is 0 Å². The van der Waals surface area contributed by atoms with Gasteiger partial charge in [0.1, 0.15) is 0 Å². The van der Waals surface area contributed by atoms with Gasteiger partial charge in [0.25, 0.3) is 0 Å². The average molecular weight is 193 g/mol. The number of carbonyl (C=O) groups excluding carboxylic acids is 1. The van der Waals surface area contributed by atoms with Crippen molar-refractivity contribution in [2.24, 2.45) is 17.1 Å². The minimum atomic E-state index is -0.320. The van der Waals surface area contributed by atoms with E-state index in [0.717, 1.165) is 12.8 Å². The van der Waals surface area contributed by atoms with E-state index in [1.807, 2.05) is 12.2 Å². The summed E-state index contributed by atoms with van der Waals surface area (Å²) in [6.07, 6.45) is 8.11. The first kappa shape index (κ1) is 11.0. The van der Waals surface area contributed by atoms with Crippen molar-refractivity contribution in [3.05, 3.63) is 23.8 Å². The summed E-state index contributed by atoms with van der Waals surface area (Å²) in [4.78, 5) is 10.9. The minimum Gasteiger partial charge on any atom is -0.366 e. The molecule has 1 rings (SSSR count). The predicted octanol–water partition coefficient (Wildman–Crippen LogP) is 2.41. The molecule has 0 spiro atoms. The molecule has 0 heterocycles. The summed E-state index contributed by atoms with van der Waals surface area (Å²) in [6, 6.07) is 0. The molecular formula is C12H19NO. The second-order valence-corrected chi connectivity index (χ2v) is 5.11. The van der Waals surface area contributed by atoms with Crippen LogP contribution in [0.15, 0.2) is 23.8 Å². The Labute approximate surface area is 85.9 Å². The Morgan fingerprint density at radius 1 is 1.50 bits per heavy atom. The summed E-state index contributed by atoms with van der Waals surface area (Å²) >= 11 is 0. The first-order chi connectivity index (χ1) is 6.38. The number of hydrogen-bond acceptors (Lipinski definition) is 1. The third-order valence-electron chi connectivity index (χ3n) is 2.43. The lowest BCUT2D eigenvalue weighted by molar-refractivity contribution is -0.114. The van der Waals surface area contributed by atoms with Crippen LogP contribution in [0.3, 0.4) is 0 Å². The number of carbonyl (C=O) groups is 1. The van der Waals surface area contributed by atoms with E-state index >= 15 is 0 Å². The molecule has 2 N–H and O–H groups in total. The maximum atomic E-state index is 10.9. The van der Waals surface area contributed by atoms with Crippen LogP contribution in [0.1, 0.15) is 33.6 Å². The van der Waals surface area contributed by atoms with Crippen molar-refractivity contribution in [2.75, 3.05) is 0 Å². The Morgan fingerprint density at radius 3 is 2.57 bits per heavy atom. The average Bonchev–Trinajstić information content (AvgIpc) is 2.47. The molecule has 78 valence electrons. The van der Waals surface area contributed by atoms with Crippen molar-refractivity contribution >= 4 is 5.91 Å². The van der Waals surface area contributed by atoms with Gasteiger partial charge in [-0.2, -0.15) is 0 Å². The van der Waals surface area contributed by atoms with Crippen LogP contribution in [0.2, 0.25) is 0 Å². The number of allylic oxidation sites excluding steroid dienone is 2. The number of primary amides is 1. The molecule has 0 fully saturated rings. The van der Waals surface area contributed by atoms with Crippen LogP contribution in [0.4, 0.5) is 0 Å². The van der Waals surface area contributed by atoms with Gasteiger partial charge >= 0.3 is 0 Å². The summed E-state index contributed by atoms with van der Waals surface area (Å²) in [5.41, 5.74) is 6.20. The SMILES string of the molecule is CC(C)(C)CCC1C=CC(C(N)=O)=C1. The number of rotatable bonds is 3. The zero-order valence-electron chi connectivity index (χ0n) is 9.21. The molecule has 0 radical (unpaired) electrons. The van der Waals surface area contributed by atoms with Gasteiger partial charge in [0.15, 0.2) is 0 Å². The summed E-state index contributed by atoms with van der Waals surface area (Å²) in [6.45, 7) is 6.68. The number of hydrogen-bond donors (Lipinski definition) is 1. The van der Waals surface area contributed by atoms with Gasteiger partial charge in [-0.15, -0.1) is 0 Å². The molecule has 2 nitrogen and oxygen atoms in total.